The normalized spacial score (nSPS) is 11.9. The fraction of sp³-hybridized carbons (Fsp3) is 0.310. The van der Waals surface area contributed by atoms with Crippen LogP contribution in [0.1, 0.15) is 32.8 Å². The molecule has 0 aromatic heterocycles. The summed E-state index contributed by atoms with van der Waals surface area (Å²) in [6.45, 7) is 4.65. The van der Waals surface area contributed by atoms with Crippen molar-refractivity contribution in [1.29, 1.82) is 0 Å². The van der Waals surface area contributed by atoms with E-state index < -0.39 is 33.4 Å². The number of nitro groups is 1. The second-order valence-electron chi connectivity index (χ2n) is 9.56. The van der Waals surface area contributed by atoms with E-state index in [1.165, 1.54) is 42.3 Å². The van der Waals surface area contributed by atoms with E-state index in [-0.39, 0.29) is 41.2 Å². The molecule has 0 radical (unpaired) electrons. The summed E-state index contributed by atoms with van der Waals surface area (Å²) in [7, 11) is -2.83. The molecule has 3 aromatic rings. The first-order chi connectivity index (χ1) is 19.5. The molecule has 0 bridgehead atoms. The summed E-state index contributed by atoms with van der Waals surface area (Å²) in [5.41, 5.74) is 0.276. The van der Waals surface area contributed by atoms with E-state index in [0.717, 1.165) is 10.4 Å². The van der Waals surface area contributed by atoms with Crippen LogP contribution in [0.2, 0.25) is 0 Å². The van der Waals surface area contributed by atoms with Gasteiger partial charge >= 0.3 is 0 Å². The minimum atomic E-state index is -4.34. The van der Waals surface area contributed by atoms with E-state index in [2.05, 4.69) is 5.32 Å². The van der Waals surface area contributed by atoms with Crippen molar-refractivity contribution in [1.82, 2.24) is 10.2 Å². The molecule has 0 saturated carbocycles. The molecule has 0 aliphatic carbocycles. The van der Waals surface area contributed by atoms with Crippen molar-refractivity contribution < 1.29 is 27.7 Å². The number of carbonyl (C=O) groups is 2. The number of amides is 2. The number of nitrogens with zero attached hydrogens (tertiary/aromatic N) is 3. The molecule has 218 valence electrons. The number of nitro benzene ring substituents is 1. The largest absolute Gasteiger partial charge is 0.497 e. The van der Waals surface area contributed by atoms with Crippen LogP contribution in [0, 0.1) is 10.1 Å². The van der Waals surface area contributed by atoms with Crippen LogP contribution in [0.4, 0.5) is 11.4 Å². The number of anilines is 1. The summed E-state index contributed by atoms with van der Waals surface area (Å²) in [4.78, 5) is 39.3. The Hall–Kier alpha value is -4.45. The zero-order valence-corrected chi connectivity index (χ0v) is 24.2. The van der Waals surface area contributed by atoms with Gasteiger partial charge in [-0.1, -0.05) is 43.3 Å². The molecule has 3 aromatic carbocycles. The van der Waals surface area contributed by atoms with Crippen molar-refractivity contribution in [3.8, 4) is 5.75 Å². The molecule has 11 nitrogen and oxygen atoms in total. The van der Waals surface area contributed by atoms with Crippen molar-refractivity contribution in [2.45, 2.75) is 50.7 Å². The van der Waals surface area contributed by atoms with Gasteiger partial charge in [-0.15, -0.1) is 0 Å². The highest BCUT2D eigenvalue weighted by atomic mass is 32.2. The summed E-state index contributed by atoms with van der Waals surface area (Å²) < 4.78 is 33.8. The highest BCUT2D eigenvalue weighted by Gasteiger charge is 2.34. The van der Waals surface area contributed by atoms with Crippen LogP contribution in [0.25, 0.3) is 0 Å². The van der Waals surface area contributed by atoms with E-state index in [1.54, 1.807) is 63.2 Å². The molecule has 0 aliphatic rings. The first kappa shape index (κ1) is 31.1. The highest BCUT2D eigenvalue weighted by molar-refractivity contribution is 7.92. The fourth-order valence-corrected chi connectivity index (χ4v) is 5.70. The Balaban J connectivity index is 2.10. The van der Waals surface area contributed by atoms with Crippen molar-refractivity contribution in [2.75, 3.05) is 18.0 Å². The molecule has 0 fully saturated rings. The van der Waals surface area contributed by atoms with Gasteiger partial charge in [0.25, 0.3) is 15.7 Å². The number of non-ortho nitro benzene ring substituents is 1. The zero-order chi connectivity index (χ0) is 30.2. The third kappa shape index (κ3) is 7.82. The minimum absolute atomic E-state index is 0.00574. The van der Waals surface area contributed by atoms with E-state index in [4.69, 9.17) is 4.74 Å². The van der Waals surface area contributed by atoms with Crippen LogP contribution in [-0.4, -0.2) is 55.8 Å². The Labute approximate surface area is 239 Å². The third-order valence-corrected chi connectivity index (χ3v) is 8.03. The molecule has 1 atom stereocenters. The number of ether oxygens (including phenoxy) is 1. The number of sulfonamides is 1. The quantitative estimate of drug-likeness (QED) is 0.236. The summed E-state index contributed by atoms with van der Waals surface area (Å²) in [6, 6.07) is 18.5. The molecule has 2 amide bonds. The van der Waals surface area contributed by atoms with Gasteiger partial charge in [-0.2, -0.15) is 0 Å². The number of hydrogen-bond acceptors (Lipinski definition) is 7. The van der Waals surface area contributed by atoms with E-state index >= 15 is 0 Å². The van der Waals surface area contributed by atoms with Crippen molar-refractivity contribution in [3.63, 3.8) is 0 Å². The van der Waals surface area contributed by atoms with E-state index in [1.807, 2.05) is 0 Å². The van der Waals surface area contributed by atoms with E-state index in [9.17, 15) is 28.1 Å². The number of nitrogens with one attached hydrogen (secondary N) is 1. The number of methoxy groups -OCH3 is 1. The van der Waals surface area contributed by atoms with Gasteiger partial charge in [-0.3, -0.25) is 24.0 Å². The molecule has 41 heavy (non-hydrogen) atoms. The van der Waals surface area contributed by atoms with Crippen LogP contribution >= 0.6 is 0 Å². The number of carbonyl (C=O) groups excluding carboxylic acids is 2. The average Bonchev–Trinajstić information content (AvgIpc) is 2.95. The lowest BCUT2D eigenvalue weighted by Gasteiger charge is -2.33. The first-order valence-electron chi connectivity index (χ1n) is 13.0. The second-order valence-corrected chi connectivity index (χ2v) is 11.4. The Morgan fingerprint density at radius 2 is 1.68 bits per heavy atom. The zero-order valence-electron chi connectivity index (χ0n) is 23.4. The van der Waals surface area contributed by atoms with Crippen LogP contribution < -0.4 is 14.4 Å². The van der Waals surface area contributed by atoms with Gasteiger partial charge in [0.1, 0.15) is 18.3 Å². The predicted octanol–water partition coefficient (Wildman–Crippen LogP) is 4.13. The molecule has 1 N–H and O–H groups in total. The van der Waals surface area contributed by atoms with Crippen LogP contribution in [0.5, 0.6) is 5.75 Å². The molecule has 12 heteroatoms. The van der Waals surface area contributed by atoms with Gasteiger partial charge in [-0.25, -0.2) is 8.42 Å². The number of benzene rings is 3. The van der Waals surface area contributed by atoms with Gasteiger partial charge in [0.15, 0.2) is 0 Å². The van der Waals surface area contributed by atoms with E-state index in [0.29, 0.717) is 11.3 Å². The van der Waals surface area contributed by atoms with Crippen LogP contribution in [-0.2, 0) is 26.2 Å². The first-order valence-corrected chi connectivity index (χ1v) is 14.5. The van der Waals surface area contributed by atoms with Crippen LogP contribution in [0.15, 0.2) is 83.8 Å². The molecular formula is C29H34N4O7S. The topological polar surface area (TPSA) is 139 Å². The van der Waals surface area contributed by atoms with Crippen molar-refractivity contribution in [2.24, 2.45) is 0 Å². The molecular weight excluding hydrogens is 548 g/mol. The Bertz CT molecular complexity index is 1480. The maximum Gasteiger partial charge on any atom is 0.271 e. The predicted molar refractivity (Wildman–Crippen MR) is 155 cm³/mol. The highest BCUT2D eigenvalue weighted by Crippen LogP contribution is 2.28. The van der Waals surface area contributed by atoms with Crippen molar-refractivity contribution in [3.05, 3.63) is 94.5 Å². The van der Waals surface area contributed by atoms with Gasteiger partial charge in [0, 0.05) is 24.7 Å². The third-order valence-electron chi connectivity index (χ3n) is 6.24. The molecule has 0 spiro atoms. The van der Waals surface area contributed by atoms with Crippen LogP contribution in [0.3, 0.4) is 0 Å². The lowest BCUT2D eigenvalue weighted by Crippen LogP contribution is -2.53. The summed E-state index contributed by atoms with van der Waals surface area (Å²) in [6.07, 6.45) is 0.260. The molecule has 3 rings (SSSR count). The maximum absolute atomic E-state index is 14.0. The van der Waals surface area contributed by atoms with Gasteiger partial charge < -0.3 is 15.0 Å². The van der Waals surface area contributed by atoms with Crippen molar-refractivity contribution >= 4 is 33.2 Å². The Kier molecular flexibility index (Phi) is 10.4. The van der Waals surface area contributed by atoms with Gasteiger partial charge in [-0.05, 0) is 56.2 Å². The SMILES string of the molecule is CC[C@@H](C(=O)NC(C)C)N(Cc1cccc(OC)c1)C(=O)CN(c1cccc([N+](=O)[O-])c1)S(=O)(=O)c1ccccc1. The average molecular weight is 583 g/mol. The Morgan fingerprint density at radius 3 is 2.29 bits per heavy atom. The minimum Gasteiger partial charge on any atom is -0.497 e. The second kappa shape index (κ2) is 13.8. The number of rotatable bonds is 13. The molecule has 0 heterocycles. The Morgan fingerprint density at radius 1 is 1.00 bits per heavy atom. The molecule has 0 aliphatic heterocycles. The smallest absolute Gasteiger partial charge is 0.271 e. The fourth-order valence-electron chi connectivity index (χ4n) is 4.28. The molecule has 0 unspecified atom stereocenters. The standard InChI is InChI=1S/C29H34N4O7S/c1-5-27(29(35)30-21(2)3)31(19-22-11-9-14-25(17-22)40-4)28(34)20-32(23-12-10-13-24(18-23)33(36)37)41(38,39)26-15-7-6-8-16-26/h6-18,21,27H,5,19-20H2,1-4H3,(H,30,35)/t27-/m0/s1. The monoisotopic (exact) mass is 582 g/mol. The summed E-state index contributed by atoms with van der Waals surface area (Å²) >= 11 is 0. The molecule has 0 saturated heterocycles. The lowest BCUT2D eigenvalue weighted by molar-refractivity contribution is -0.384. The van der Waals surface area contributed by atoms with Gasteiger partial charge in [0.05, 0.1) is 22.6 Å². The summed E-state index contributed by atoms with van der Waals surface area (Å²) in [5.74, 6) is -0.490. The summed E-state index contributed by atoms with van der Waals surface area (Å²) in [5, 5.41) is 14.3. The number of hydrogen-bond donors (Lipinski definition) is 1. The lowest BCUT2D eigenvalue weighted by atomic mass is 10.1. The maximum atomic E-state index is 14.0. The van der Waals surface area contributed by atoms with Gasteiger partial charge in [0.2, 0.25) is 11.8 Å².